The Labute approximate surface area is 90.1 Å². The van der Waals surface area contributed by atoms with Gasteiger partial charge in [-0.25, -0.2) is 4.98 Å². The Balaban J connectivity index is 0.000000442. The summed E-state index contributed by atoms with van der Waals surface area (Å²) < 4.78 is 11.5. The number of alkyl halides is 1. The van der Waals surface area contributed by atoms with Crippen LogP contribution in [0.15, 0.2) is 37.7 Å². The minimum Gasteiger partial charge on any atom is -0.307 e. The molecule has 2 rings (SSSR count). The molecule has 0 unspecified atom stereocenters. The summed E-state index contributed by atoms with van der Waals surface area (Å²) in [7, 11) is 0.500. The van der Waals surface area contributed by atoms with Gasteiger partial charge in [-0.15, -0.1) is 13.2 Å². The van der Waals surface area contributed by atoms with Crippen molar-refractivity contribution in [3.8, 4) is 0 Å². The van der Waals surface area contributed by atoms with Crippen LogP contribution in [0.4, 0.5) is 4.39 Å². The van der Waals surface area contributed by atoms with E-state index >= 15 is 0 Å². The van der Waals surface area contributed by atoms with Gasteiger partial charge in [0.1, 0.15) is 5.65 Å². The Morgan fingerprint density at radius 2 is 1.87 bits per heavy atom. The molecule has 2 aromatic heterocycles. The van der Waals surface area contributed by atoms with E-state index in [0.717, 1.165) is 11.3 Å². The summed E-state index contributed by atoms with van der Waals surface area (Å²) in [5.41, 5.74) is 3.35. The summed E-state index contributed by atoms with van der Waals surface area (Å²) in [6, 6.07) is 4.15. The quantitative estimate of drug-likeness (QED) is 0.607. The molecule has 2 nitrogen and oxygen atoms in total. The molecule has 0 aliphatic carbocycles. The van der Waals surface area contributed by atoms with E-state index in [9.17, 15) is 4.39 Å². The van der Waals surface area contributed by atoms with Gasteiger partial charge >= 0.3 is 0 Å². The molecule has 0 bridgehead atoms. The maximum absolute atomic E-state index is 9.50. The Kier molecular flexibility index (Phi) is 6.02. The average molecular weight is 208 g/mol. The minimum absolute atomic E-state index is 0.500. The lowest BCUT2D eigenvalue weighted by molar-refractivity contribution is 0.636. The number of aromatic nitrogens is 2. The summed E-state index contributed by atoms with van der Waals surface area (Å²) in [6.07, 6.45) is 4.06. The fourth-order valence-electron chi connectivity index (χ4n) is 1.21. The molecule has 0 aliphatic rings. The Morgan fingerprint density at radius 3 is 2.47 bits per heavy atom. The largest absolute Gasteiger partial charge is 0.307 e. The van der Waals surface area contributed by atoms with Crippen LogP contribution in [0.1, 0.15) is 11.3 Å². The van der Waals surface area contributed by atoms with E-state index in [0.29, 0.717) is 7.18 Å². The molecule has 82 valence electrons. The van der Waals surface area contributed by atoms with Crippen LogP contribution in [0.5, 0.6) is 0 Å². The highest BCUT2D eigenvalue weighted by Gasteiger charge is 1.95. The average Bonchev–Trinajstić information content (AvgIpc) is 2.63. The third-order valence-electron chi connectivity index (χ3n) is 1.74. The Morgan fingerprint density at radius 1 is 1.27 bits per heavy atom. The van der Waals surface area contributed by atoms with Crippen LogP contribution in [-0.4, -0.2) is 16.6 Å². The molecule has 0 N–H and O–H groups in total. The number of pyridine rings is 1. The highest BCUT2D eigenvalue weighted by Crippen LogP contribution is 2.05. The first-order valence-electron chi connectivity index (χ1n) is 4.55. The molecule has 0 radical (unpaired) electrons. The fraction of sp³-hybridized carbons (Fsp3) is 0.250. The molecular formula is C12H17FN2. The van der Waals surface area contributed by atoms with Crippen LogP contribution in [0.3, 0.4) is 0 Å². The Hall–Kier alpha value is -1.64. The molecule has 0 aliphatic heterocycles. The van der Waals surface area contributed by atoms with Gasteiger partial charge in [-0.1, -0.05) is 0 Å². The molecule has 0 fully saturated rings. The lowest BCUT2D eigenvalue weighted by Gasteiger charge is -1.92. The van der Waals surface area contributed by atoms with E-state index in [1.807, 2.05) is 23.7 Å². The molecule has 0 atom stereocenters. The molecule has 0 amide bonds. The number of fused-ring (bicyclic) bond motifs is 1. The van der Waals surface area contributed by atoms with Gasteiger partial charge in [-0.3, -0.25) is 4.39 Å². The maximum atomic E-state index is 9.50. The monoisotopic (exact) mass is 208 g/mol. The smallest absolute Gasteiger partial charge is 0.137 e. The van der Waals surface area contributed by atoms with Gasteiger partial charge < -0.3 is 4.40 Å². The summed E-state index contributed by atoms with van der Waals surface area (Å²) in [4.78, 5) is 4.34. The van der Waals surface area contributed by atoms with Crippen molar-refractivity contribution in [2.24, 2.45) is 0 Å². The summed E-state index contributed by atoms with van der Waals surface area (Å²) >= 11 is 0. The zero-order valence-electron chi connectivity index (χ0n) is 9.50. The van der Waals surface area contributed by atoms with E-state index in [4.69, 9.17) is 0 Å². The second-order valence-corrected chi connectivity index (χ2v) is 2.85. The molecule has 0 saturated heterocycles. The fourth-order valence-corrected chi connectivity index (χ4v) is 1.21. The van der Waals surface area contributed by atoms with E-state index in [2.05, 4.69) is 37.2 Å². The van der Waals surface area contributed by atoms with Crippen LogP contribution in [0.25, 0.3) is 5.65 Å². The van der Waals surface area contributed by atoms with Gasteiger partial charge in [0, 0.05) is 12.4 Å². The first kappa shape index (κ1) is 13.4. The number of nitrogens with zero attached hydrogens (tertiary/aromatic N) is 2. The third-order valence-corrected chi connectivity index (χ3v) is 1.74. The van der Waals surface area contributed by atoms with Crippen molar-refractivity contribution in [1.29, 1.82) is 0 Å². The van der Waals surface area contributed by atoms with Gasteiger partial charge in [0.05, 0.1) is 12.9 Å². The van der Waals surface area contributed by atoms with E-state index in [1.165, 1.54) is 5.56 Å². The van der Waals surface area contributed by atoms with Crippen molar-refractivity contribution in [2.45, 2.75) is 13.8 Å². The maximum Gasteiger partial charge on any atom is 0.137 e. The second-order valence-electron chi connectivity index (χ2n) is 2.85. The zero-order chi connectivity index (χ0) is 11.8. The molecule has 2 heterocycles. The van der Waals surface area contributed by atoms with Gasteiger partial charge in [-0.05, 0) is 31.5 Å². The summed E-state index contributed by atoms with van der Waals surface area (Å²) in [6.45, 7) is 10.1. The van der Waals surface area contributed by atoms with Crippen LogP contribution in [0.2, 0.25) is 0 Å². The van der Waals surface area contributed by atoms with Crippen molar-refractivity contribution in [3.63, 3.8) is 0 Å². The lowest BCUT2D eigenvalue weighted by Crippen LogP contribution is -1.81. The zero-order valence-corrected chi connectivity index (χ0v) is 9.50. The SMILES string of the molecule is C=C.CF.Cc1ccn2cc(C)nc2c1. The van der Waals surface area contributed by atoms with Gasteiger partial charge in [-0.2, -0.15) is 0 Å². The topological polar surface area (TPSA) is 17.3 Å². The van der Waals surface area contributed by atoms with E-state index in [1.54, 1.807) is 0 Å². The highest BCUT2D eigenvalue weighted by molar-refractivity contribution is 5.42. The number of aryl methyl sites for hydroxylation is 2. The van der Waals surface area contributed by atoms with Gasteiger partial charge in [0.25, 0.3) is 0 Å². The van der Waals surface area contributed by atoms with E-state index in [-0.39, 0.29) is 0 Å². The number of hydrogen-bond donors (Lipinski definition) is 0. The highest BCUT2D eigenvalue weighted by atomic mass is 19.1. The van der Waals surface area contributed by atoms with E-state index < -0.39 is 0 Å². The normalized spacial score (nSPS) is 8.53. The predicted molar refractivity (Wildman–Crippen MR) is 63.0 cm³/mol. The molecule has 0 spiro atoms. The van der Waals surface area contributed by atoms with Crippen LogP contribution in [0, 0.1) is 13.8 Å². The van der Waals surface area contributed by atoms with Crippen LogP contribution < -0.4 is 0 Å². The van der Waals surface area contributed by atoms with Crippen molar-refractivity contribution in [3.05, 3.63) is 48.9 Å². The van der Waals surface area contributed by atoms with Crippen LogP contribution in [-0.2, 0) is 0 Å². The van der Waals surface area contributed by atoms with Crippen LogP contribution >= 0.6 is 0 Å². The Bertz CT molecular complexity index is 407. The first-order valence-corrected chi connectivity index (χ1v) is 4.55. The molecule has 3 heteroatoms. The van der Waals surface area contributed by atoms with Gasteiger partial charge in [0.15, 0.2) is 0 Å². The molecule has 0 saturated carbocycles. The standard InChI is InChI=1S/C9H10N2.C2H4.CH3F/c1-7-3-4-11-6-8(2)10-9(11)5-7;2*1-2/h3-6H,1-2H3;1-2H2;1H3. The van der Waals surface area contributed by atoms with Gasteiger partial charge in [0.2, 0.25) is 0 Å². The summed E-state index contributed by atoms with van der Waals surface area (Å²) in [5.74, 6) is 0. The number of hydrogen-bond acceptors (Lipinski definition) is 1. The second kappa shape index (κ2) is 6.76. The molecule has 0 aromatic carbocycles. The number of rotatable bonds is 0. The predicted octanol–water partition coefficient (Wildman–Crippen LogP) is 3.34. The third kappa shape index (κ3) is 3.54. The number of halogens is 1. The van der Waals surface area contributed by atoms with Crippen molar-refractivity contribution in [1.82, 2.24) is 9.38 Å². The number of imidazole rings is 1. The van der Waals surface area contributed by atoms with Crippen molar-refractivity contribution in [2.75, 3.05) is 7.18 Å². The van der Waals surface area contributed by atoms with Crippen molar-refractivity contribution < 1.29 is 4.39 Å². The molecule has 15 heavy (non-hydrogen) atoms. The first-order chi connectivity index (χ1) is 7.25. The lowest BCUT2D eigenvalue weighted by atomic mass is 10.3. The van der Waals surface area contributed by atoms with Crippen molar-refractivity contribution >= 4 is 5.65 Å². The summed E-state index contributed by atoms with van der Waals surface area (Å²) in [5, 5.41) is 0. The minimum atomic E-state index is 0.500. The molecule has 2 aromatic rings. The molecular weight excluding hydrogens is 191 g/mol.